The summed E-state index contributed by atoms with van der Waals surface area (Å²) in [5.41, 5.74) is 2.41. The quantitative estimate of drug-likeness (QED) is 0.864. The minimum atomic E-state index is -0.723. The van der Waals surface area contributed by atoms with Crippen LogP contribution in [-0.2, 0) is 11.2 Å². The SMILES string of the molecule is O=C(O)CCc1cccc(N2CC3CC2C3)c1. The lowest BCUT2D eigenvalue weighted by Crippen LogP contribution is -2.28. The smallest absolute Gasteiger partial charge is 0.303 e. The van der Waals surface area contributed by atoms with Gasteiger partial charge < -0.3 is 10.0 Å². The van der Waals surface area contributed by atoms with Crippen LogP contribution in [0.1, 0.15) is 24.8 Å². The van der Waals surface area contributed by atoms with Gasteiger partial charge in [-0.2, -0.15) is 0 Å². The Balaban J connectivity index is 1.72. The van der Waals surface area contributed by atoms with Gasteiger partial charge in [0, 0.05) is 24.7 Å². The number of carboxylic acids is 1. The second kappa shape index (κ2) is 4.06. The van der Waals surface area contributed by atoms with E-state index < -0.39 is 5.97 Å². The first-order chi connectivity index (χ1) is 8.22. The Bertz CT molecular complexity index is 438. The summed E-state index contributed by atoms with van der Waals surface area (Å²) in [5, 5.41) is 8.69. The molecular weight excluding hydrogens is 214 g/mol. The van der Waals surface area contributed by atoms with Crippen LogP contribution in [0.4, 0.5) is 5.69 Å². The van der Waals surface area contributed by atoms with E-state index in [1.54, 1.807) is 0 Å². The zero-order valence-electron chi connectivity index (χ0n) is 9.80. The molecular formula is C14H17NO2. The number of rotatable bonds is 4. The Labute approximate surface area is 101 Å². The van der Waals surface area contributed by atoms with E-state index in [9.17, 15) is 4.79 Å². The summed E-state index contributed by atoms with van der Waals surface area (Å²) in [6.45, 7) is 1.19. The largest absolute Gasteiger partial charge is 0.481 e. The van der Waals surface area contributed by atoms with Gasteiger partial charge in [0.2, 0.25) is 0 Å². The first-order valence-corrected chi connectivity index (χ1v) is 6.30. The Morgan fingerprint density at radius 3 is 2.88 bits per heavy atom. The maximum Gasteiger partial charge on any atom is 0.303 e. The highest BCUT2D eigenvalue weighted by Gasteiger charge is 2.42. The molecule has 0 unspecified atom stereocenters. The molecule has 17 heavy (non-hydrogen) atoms. The summed E-state index contributed by atoms with van der Waals surface area (Å²) >= 11 is 0. The van der Waals surface area contributed by atoms with E-state index in [0.717, 1.165) is 17.5 Å². The summed E-state index contributed by atoms with van der Waals surface area (Å²) in [5.74, 6) is 0.182. The maximum atomic E-state index is 10.6. The van der Waals surface area contributed by atoms with E-state index in [-0.39, 0.29) is 6.42 Å². The molecule has 3 nitrogen and oxygen atoms in total. The van der Waals surface area contributed by atoms with Crippen molar-refractivity contribution in [1.82, 2.24) is 0 Å². The Hall–Kier alpha value is -1.51. The number of anilines is 1. The predicted molar refractivity (Wildman–Crippen MR) is 66.3 cm³/mol. The number of hydrogen-bond acceptors (Lipinski definition) is 2. The van der Waals surface area contributed by atoms with Gasteiger partial charge in [0.15, 0.2) is 0 Å². The van der Waals surface area contributed by atoms with Gasteiger partial charge in [-0.15, -0.1) is 0 Å². The highest BCUT2D eigenvalue weighted by atomic mass is 16.4. The number of fused-ring (bicyclic) bond motifs is 1. The van der Waals surface area contributed by atoms with Crippen molar-refractivity contribution in [2.75, 3.05) is 11.4 Å². The summed E-state index contributed by atoms with van der Waals surface area (Å²) in [4.78, 5) is 13.0. The third kappa shape index (κ3) is 2.02. The number of hydrogen-bond donors (Lipinski definition) is 1. The number of nitrogens with zero attached hydrogens (tertiary/aromatic N) is 1. The maximum absolute atomic E-state index is 10.6. The van der Waals surface area contributed by atoms with E-state index in [1.165, 1.54) is 25.1 Å². The van der Waals surface area contributed by atoms with Gasteiger partial charge in [0.05, 0.1) is 0 Å². The molecule has 0 aromatic heterocycles. The first kappa shape index (κ1) is 10.6. The summed E-state index contributed by atoms with van der Waals surface area (Å²) in [6.07, 6.45) is 3.54. The third-order valence-corrected chi connectivity index (χ3v) is 3.98. The molecule has 3 heteroatoms. The monoisotopic (exact) mass is 231 g/mol. The van der Waals surface area contributed by atoms with E-state index in [0.29, 0.717) is 6.42 Å². The molecule has 1 saturated carbocycles. The average Bonchev–Trinajstić information content (AvgIpc) is 2.85. The second-order valence-corrected chi connectivity index (χ2v) is 5.21. The van der Waals surface area contributed by atoms with Crippen molar-refractivity contribution in [1.29, 1.82) is 0 Å². The molecule has 0 spiro atoms. The van der Waals surface area contributed by atoms with Crippen molar-refractivity contribution >= 4 is 11.7 Å². The van der Waals surface area contributed by atoms with Gasteiger partial charge in [-0.3, -0.25) is 4.79 Å². The fraction of sp³-hybridized carbons (Fsp3) is 0.500. The number of carbonyl (C=O) groups is 1. The summed E-state index contributed by atoms with van der Waals surface area (Å²) < 4.78 is 0. The van der Waals surface area contributed by atoms with Gasteiger partial charge in [-0.25, -0.2) is 0 Å². The van der Waals surface area contributed by atoms with Crippen LogP contribution in [-0.4, -0.2) is 23.7 Å². The van der Waals surface area contributed by atoms with E-state index in [4.69, 9.17) is 5.11 Å². The average molecular weight is 231 g/mol. The lowest BCUT2D eigenvalue weighted by Gasteiger charge is -2.27. The minimum Gasteiger partial charge on any atom is -0.481 e. The van der Waals surface area contributed by atoms with Gasteiger partial charge in [-0.05, 0) is 42.9 Å². The van der Waals surface area contributed by atoms with E-state index in [2.05, 4.69) is 17.0 Å². The number of benzene rings is 1. The van der Waals surface area contributed by atoms with Crippen molar-refractivity contribution < 1.29 is 9.90 Å². The molecule has 2 aliphatic heterocycles. The second-order valence-electron chi connectivity index (χ2n) is 5.21. The molecule has 1 N–H and O–H groups in total. The van der Waals surface area contributed by atoms with Gasteiger partial charge in [0.1, 0.15) is 0 Å². The normalized spacial score (nSPS) is 25.8. The summed E-state index contributed by atoms with van der Waals surface area (Å²) in [6, 6.07) is 9.11. The van der Waals surface area contributed by atoms with Crippen LogP contribution >= 0.6 is 0 Å². The van der Waals surface area contributed by atoms with Crippen LogP contribution in [0.2, 0.25) is 0 Å². The molecule has 0 radical (unpaired) electrons. The van der Waals surface area contributed by atoms with E-state index >= 15 is 0 Å². The molecule has 3 aliphatic rings. The molecule has 90 valence electrons. The van der Waals surface area contributed by atoms with Crippen LogP contribution < -0.4 is 4.90 Å². The minimum absolute atomic E-state index is 0.218. The van der Waals surface area contributed by atoms with Crippen molar-refractivity contribution in [3.63, 3.8) is 0 Å². The Morgan fingerprint density at radius 2 is 2.24 bits per heavy atom. The topological polar surface area (TPSA) is 40.5 Å². The highest BCUT2D eigenvalue weighted by molar-refractivity contribution is 5.67. The molecule has 0 atom stereocenters. The van der Waals surface area contributed by atoms with Crippen molar-refractivity contribution in [2.24, 2.45) is 5.92 Å². The van der Waals surface area contributed by atoms with Crippen molar-refractivity contribution in [2.45, 2.75) is 31.7 Å². The number of aliphatic carboxylic acids is 1. The number of aryl methyl sites for hydroxylation is 1. The molecule has 3 fully saturated rings. The first-order valence-electron chi connectivity index (χ1n) is 6.30. The van der Waals surface area contributed by atoms with Gasteiger partial charge in [-0.1, -0.05) is 12.1 Å². The molecule has 2 heterocycles. The Morgan fingerprint density at radius 1 is 1.41 bits per heavy atom. The molecule has 1 aliphatic carbocycles. The number of carboxylic acid groups (broad SMARTS) is 1. The molecule has 1 aromatic rings. The third-order valence-electron chi connectivity index (χ3n) is 3.98. The van der Waals surface area contributed by atoms with Crippen LogP contribution in [0.15, 0.2) is 24.3 Å². The fourth-order valence-electron chi connectivity index (χ4n) is 2.99. The molecule has 2 bridgehead atoms. The van der Waals surface area contributed by atoms with Gasteiger partial charge in [0.25, 0.3) is 0 Å². The molecule has 4 rings (SSSR count). The lowest BCUT2D eigenvalue weighted by molar-refractivity contribution is -0.136. The van der Waals surface area contributed by atoms with E-state index in [1.807, 2.05) is 12.1 Å². The Kier molecular flexibility index (Phi) is 2.54. The van der Waals surface area contributed by atoms with Crippen molar-refractivity contribution in [3.8, 4) is 0 Å². The van der Waals surface area contributed by atoms with Crippen LogP contribution in [0, 0.1) is 5.92 Å². The summed E-state index contributed by atoms with van der Waals surface area (Å²) in [7, 11) is 0. The van der Waals surface area contributed by atoms with Crippen LogP contribution in [0.25, 0.3) is 0 Å². The fourth-order valence-corrected chi connectivity index (χ4v) is 2.99. The standard InChI is InChI=1S/C14H17NO2/c16-14(17)5-4-10-2-1-3-12(6-10)15-9-11-7-13(15)8-11/h1-3,6,11,13H,4-5,7-9H2,(H,16,17). The highest BCUT2D eigenvalue weighted by Crippen LogP contribution is 2.43. The lowest BCUT2D eigenvalue weighted by atomic mass is 9.86. The molecule has 1 aromatic carbocycles. The van der Waals surface area contributed by atoms with Gasteiger partial charge >= 0.3 is 5.97 Å². The van der Waals surface area contributed by atoms with Crippen LogP contribution in [0.3, 0.4) is 0 Å². The zero-order chi connectivity index (χ0) is 11.8. The van der Waals surface area contributed by atoms with Crippen molar-refractivity contribution in [3.05, 3.63) is 29.8 Å². The molecule has 2 saturated heterocycles. The zero-order valence-corrected chi connectivity index (χ0v) is 9.80. The predicted octanol–water partition coefficient (Wildman–Crippen LogP) is 2.30. The molecule has 0 amide bonds. The van der Waals surface area contributed by atoms with Crippen LogP contribution in [0.5, 0.6) is 0 Å².